The molecular formula is C12H15NOS. The highest BCUT2D eigenvalue weighted by Gasteiger charge is 2.25. The summed E-state index contributed by atoms with van der Waals surface area (Å²) in [5, 5.41) is 0. The second-order valence-electron chi connectivity index (χ2n) is 4.21. The lowest BCUT2D eigenvalue weighted by atomic mass is 10.1. The lowest BCUT2D eigenvalue weighted by Crippen LogP contribution is -2.17. The molecule has 1 heterocycles. The summed E-state index contributed by atoms with van der Waals surface area (Å²) >= 11 is 1.76. The Morgan fingerprint density at radius 1 is 1.33 bits per heavy atom. The van der Waals surface area contributed by atoms with Gasteiger partial charge in [-0.2, -0.15) is 0 Å². The zero-order valence-corrected chi connectivity index (χ0v) is 9.88. The number of ether oxygens (including phenoxy) is 1. The van der Waals surface area contributed by atoms with Gasteiger partial charge in [0, 0.05) is 4.90 Å². The maximum Gasteiger partial charge on any atom is 0.194 e. The van der Waals surface area contributed by atoms with Crippen molar-refractivity contribution < 1.29 is 4.74 Å². The Kier molecular flexibility index (Phi) is 3.00. The predicted octanol–water partition coefficient (Wildman–Crippen LogP) is 2.99. The molecular weight excluding hydrogens is 206 g/mol. The number of nitrogens with zero attached hydrogens (tertiary/aromatic N) is 1. The molecule has 0 unspecified atom stereocenters. The second-order valence-corrected chi connectivity index (χ2v) is 5.26. The van der Waals surface area contributed by atoms with E-state index >= 15 is 0 Å². The van der Waals surface area contributed by atoms with Gasteiger partial charge in [-0.25, -0.2) is 4.99 Å². The molecule has 0 saturated carbocycles. The topological polar surface area (TPSA) is 21.6 Å². The predicted molar refractivity (Wildman–Crippen MR) is 64.6 cm³/mol. The summed E-state index contributed by atoms with van der Waals surface area (Å²) in [4.78, 5) is 5.77. The monoisotopic (exact) mass is 221 g/mol. The molecule has 0 fully saturated rings. The van der Waals surface area contributed by atoms with Crippen molar-refractivity contribution in [2.24, 2.45) is 4.99 Å². The molecule has 1 aromatic carbocycles. The van der Waals surface area contributed by atoms with Crippen molar-refractivity contribution in [1.82, 2.24) is 0 Å². The van der Waals surface area contributed by atoms with E-state index in [4.69, 9.17) is 4.74 Å². The molecule has 0 aromatic heterocycles. The van der Waals surface area contributed by atoms with Crippen LogP contribution in [0.5, 0.6) is 0 Å². The molecule has 0 bridgehead atoms. The Morgan fingerprint density at radius 2 is 2.07 bits per heavy atom. The number of thioether (sulfide) groups is 1. The van der Waals surface area contributed by atoms with E-state index in [0.29, 0.717) is 6.61 Å². The third kappa shape index (κ3) is 2.99. The molecule has 3 heteroatoms. The van der Waals surface area contributed by atoms with Crippen molar-refractivity contribution in [2.45, 2.75) is 24.3 Å². The number of benzene rings is 1. The first kappa shape index (κ1) is 10.6. The fourth-order valence-electron chi connectivity index (χ4n) is 1.40. The van der Waals surface area contributed by atoms with Gasteiger partial charge in [-0.1, -0.05) is 18.2 Å². The minimum absolute atomic E-state index is 0.0351. The van der Waals surface area contributed by atoms with Gasteiger partial charge in [-0.15, -0.1) is 11.8 Å². The fourth-order valence-corrected chi connectivity index (χ4v) is 2.19. The zero-order chi connectivity index (χ0) is 10.7. The van der Waals surface area contributed by atoms with Crippen LogP contribution in [0.2, 0.25) is 0 Å². The Morgan fingerprint density at radius 3 is 2.67 bits per heavy atom. The lowest BCUT2D eigenvalue weighted by molar-refractivity contribution is 0.278. The molecule has 0 aliphatic carbocycles. The normalized spacial score (nSPS) is 18.4. The molecule has 1 aromatic rings. The third-order valence-electron chi connectivity index (χ3n) is 2.12. The smallest absolute Gasteiger partial charge is 0.194 e. The molecule has 0 radical (unpaired) electrons. The van der Waals surface area contributed by atoms with Crippen LogP contribution >= 0.6 is 11.8 Å². The SMILES string of the molecule is CC1(C)COC(CSc2ccccc2)=N1. The lowest BCUT2D eigenvalue weighted by Gasteiger charge is -2.07. The third-order valence-corrected chi connectivity index (χ3v) is 3.12. The highest BCUT2D eigenvalue weighted by Crippen LogP contribution is 2.22. The highest BCUT2D eigenvalue weighted by molar-refractivity contribution is 8.00. The molecule has 0 atom stereocenters. The van der Waals surface area contributed by atoms with Gasteiger partial charge in [0.25, 0.3) is 0 Å². The number of rotatable bonds is 3. The van der Waals surface area contributed by atoms with Gasteiger partial charge in [-0.05, 0) is 26.0 Å². The van der Waals surface area contributed by atoms with Crippen LogP contribution < -0.4 is 0 Å². The van der Waals surface area contributed by atoms with Crippen molar-refractivity contribution in [1.29, 1.82) is 0 Å². The summed E-state index contributed by atoms with van der Waals surface area (Å²) in [6.45, 7) is 4.89. The van der Waals surface area contributed by atoms with Gasteiger partial charge < -0.3 is 4.74 Å². The molecule has 0 N–H and O–H groups in total. The average Bonchev–Trinajstić information content (AvgIpc) is 2.57. The standard InChI is InChI=1S/C12H15NOS/c1-12(2)9-14-11(13-12)8-15-10-6-4-3-5-7-10/h3-7H,8-9H2,1-2H3. The van der Waals surface area contributed by atoms with Gasteiger partial charge >= 0.3 is 0 Å². The van der Waals surface area contributed by atoms with Gasteiger partial charge in [0.1, 0.15) is 6.61 Å². The summed E-state index contributed by atoms with van der Waals surface area (Å²) in [5.41, 5.74) is -0.0351. The molecule has 1 aliphatic rings. The van der Waals surface area contributed by atoms with Gasteiger partial charge in [0.2, 0.25) is 0 Å². The van der Waals surface area contributed by atoms with E-state index in [1.807, 2.05) is 18.2 Å². The molecule has 0 saturated heterocycles. The first-order valence-corrected chi connectivity index (χ1v) is 6.04. The number of hydrogen-bond donors (Lipinski definition) is 0. The van der Waals surface area contributed by atoms with Crippen molar-refractivity contribution in [3.8, 4) is 0 Å². The van der Waals surface area contributed by atoms with E-state index in [-0.39, 0.29) is 5.54 Å². The summed E-state index contributed by atoms with van der Waals surface area (Å²) in [5.74, 6) is 1.70. The van der Waals surface area contributed by atoms with E-state index in [2.05, 4.69) is 31.0 Å². The molecule has 2 rings (SSSR count). The first-order valence-electron chi connectivity index (χ1n) is 5.05. The van der Waals surface area contributed by atoms with E-state index in [1.165, 1.54) is 4.90 Å². The average molecular weight is 221 g/mol. The summed E-state index contributed by atoms with van der Waals surface area (Å²) < 4.78 is 5.52. The first-order chi connectivity index (χ1) is 7.16. The Labute approximate surface area is 94.7 Å². The van der Waals surface area contributed by atoms with Crippen LogP contribution in [0.15, 0.2) is 40.2 Å². The Bertz CT molecular complexity index is 359. The highest BCUT2D eigenvalue weighted by atomic mass is 32.2. The van der Waals surface area contributed by atoms with Crippen molar-refractivity contribution in [3.63, 3.8) is 0 Å². The maximum atomic E-state index is 5.52. The Hall–Kier alpha value is -0.960. The molecule has 15 heavy (non-hydrogen) atoms. The Balaban J connectivity index is 1.90. The minimum atomic E-state index is -0.0351. The molecule has 0 amide bonds. The van der Waals surface area contributed by atoms with E-state index in [1.54, 1.807) is 11.8 Å². The van der Waals surface area contributed by atoms with Crippen molar-refractivity contribution >= 4 is 17.7 Å². The summed E-state index contributed by atoms with van der Waals surface area (Å²) in [7, 11) is 0. The zero-order valence-electron chi connectivity index (χ0n) is 9.06. The van der Waals surface area contributed by atoms with Crippen LogP contribution in [0.1, 0.15) is 13.8 Å². The van der Waals surface area contributed by atoms with Gasteiger partial charge in [0.05, 0.1) is 11.3 Å². The van der Waals surface area contributed by atoms with Crippen molar-refractivity contribution in [2.75, 3.05) is 12.4 Å². The largest absolute Gasteiger partial charge is 0.478 e. The summed E-state index contributed by atoms with van der Waals surface area (Å²) in [6.07, 6.45) is 0. The van der Waals surface area contributed by atoms with Crippen LogP contribution in [-0.2, 0) is 4.74 Å². The van der Waals surface area contributed by atoms with E-state index in [9.17, 15) is 0 Å². The van der Waals surface area contributed by atoms with E-state index in [0.717, 1.165) is 11.7 Å². The van der Waals surface area contributed by atoms with Gasteiger partial charge in [-0.3, -0.25) is 0 Å². The van der Waals surface area contributed by atoms with Crippen LogP contribution in [0, 0.1) is 0 Å². The number of aliphatic imine (C=N–C) groups is 1. The number of hydrogen-bond acceptors (Lipinski definition) is 3. The van der Waals surface area contributed by atoms with E-state index < -0.39 is 0 Å². The molecule has 80 valence electrons. The van der Waals surface area contributed by atoms with Crippen LogP contribution in [-0.4, -0.2) is 23.8 Å². The quantitative estimate of drug-likeness (QED) is 0.732. The van der Waals surface area contributed by atoms with Gasteiger partial charge in [0.15, 0.2) is 5.90 Å². The minimum Gasteiger partial charge on any atom is -0.478 e. The van der Waals surface area contributed by atoms with Crippen LogP contribution in [0.4, 0.5) is 0 Å². The van der Waals surface area contributed by atoms with Crippen LogP contribution in [0.25, 0.3) is 0 Å². The maximum absolute atomic E-state index is 5.52. The van der Waals surface area contributed by atoms with Crippen LogP contribution in [0.3, 0.4) is 0 Å². The van der Waals surface area contributed by atoms with Crippen molar-refractivity contribution in [3.05, 3.63) is 30.3 Å². The molecule has 2 nitrogen and oxygen atoms in total. The second kappa shape index (κ2) is 4.27. The fraction of sp³-hybridized carbons (Fsp3) is 0.417. The molecule has 0 spiro atoms. The molecule has 1 aliphatic heterocycles. The summed E-state index contributed by atoms with van der Waals surface area (Å²) in [6, 6.07) is 10.3.